The number of halogens is 3. The molecule has 0 bridgehead atoms. The summed E-state index contributed by atoms with van der Waals surface area (Å²) in [4.78, 5) is 0. The third kappa shape index (κ3) is 3.67. The molecule has 0 saturated heterocycles. The van der Waals surface area contributed by atoms with Gasteiger partial charge in [-0.25, -0.2) is 4.39 Å². The largest absolute Gasteiger partial charge is 0.271 e. The van der Waals surface area contributed by atoms with Gasteiger partial charge in [-0.15, -0.1) is 0 Å². The molecule has 0 aliphatic carbocycles. The molecule has 0 radical (unpaired) electrons. The van der Waals surface area contributed by atoms with Crippen LogP contribution in [0.15, 0.2) is 42.5 Å². The Balaban J connectivity index is 2.27. The van der Waals surface area contributed by atoms with E-state index in [1.54, 1.807) is 6.07 Å². The van der Waals surface area contributed by atoms with Crippen LogP contribution in [0.1, 0.15) is 17.2 Å². The van der Waals surface area contributed by atoms with Crippen molar-refractivity contribution in [2.45, 2.75) is 12.5 Å². The van der Waals surface area contributed by atoms with E-state index >= 15 is 0 Å². The standard InChI is InChI=1S/C14H13Cl2FN2/c15-10-3-1-2-9(6-10)7-14(19-18)12-8-11(17)4-5-13(12)16/h1-6,8,14,19H,7,18H2. The summed E-state index contributed by atoms with van der Waals surface area (Å²) in [6.07, 6.45) is 0.570. The first-order valence-electron chi connectivity index (χ1n) is 5.75. The normalized spacial score (nSPS) is 12.4. The summed E-state index contributed by atoms with van der Waals surface area (Å²) < 4.78 is 13.3. The predicted molar refractivity (Wildman–Crippen MR) is 76.6 cm³/mol. The summed E-state index contributed by atoms with van der Waals surface area (Å²) in [5.74, 6) is 5.20. The maximum Gasteiger partial charge on any atom is 0.123 e. The van der Waals surface area contributed by atoms with Crippen molar-refractivity contribution in [2.75, 3.05) is 0 Å². The lowest BCUT2D eigenvalue weighted by Crippen LogP contribution is -2.29. The zero-order chi connectivity index (χ0) is 13.8. The molecular weight excluding hydrogens is 286 g/mol. The lowest BCUT2D eigenvalue weighted by molar-refractivity contribution is 0.544. The van der Waals surface area contributed by atoms with E-state index in [1.165, 1.54) is 18.2 Å². The average molecular weight is 299 g/mol. The van der Waals surface area contributed by atoms with Gasteiger partial charge < -0.3 is 0 Å². The van der Waals surface area contributed by atoms with Gasteiger partial charge in [-0.2, -0.15) is 0 Å². The summed E-state index contributed by atoms with van der Waals surface area (Å²) in [5.41, 5.74) is 4.29. The highest BCUT2D eigenvalue weighted by Gasteiger charge is 2.15. The van der Waals surface area contributed by atoms with Crippen LogP contribution in [0.5, 0.6) is 0 Å². The summed E-state index contributed by atoms with van der Waals surface area (Å²) in [5, 5.41) is 1.13. The van der Waals surface area contributed by atoms with Crippen molar-refractivity contribution < 1.29 is 4.39 Å². The molecule has 0 aromatic heterocycles. The Hall–Kier alpha value is -1.13. The van der Waals surface area contributed by atoms with Crippen LogP contribution < -0.4 is 11.3 Å². The second-order valence-corrected chi connectivity index (χ2v) is 5.06. The summed E-state index contributed by atoms with van der Waals surface area (Å²) in [6.45, 7) is 0. The van der Waals surface area contributed by atoms with E-state index in [0.29, 0.717) is 22.0 Å². The molecule has 0 heterocycles. The van der Waals surface area contributed by atoms with Crippen LogP contribution in [0, 0.1) is 5.82 Å². The van der Waals surface area contributed by atoms with Gasteiger partial charge in [0.1, 0.15) is 5.82 Å². The van der Waals surface area contributed by atoms with E-state index in [1.807, 2.05) is 18.2 Å². The van der Waals surface area contributed by atoms with Crippen LogP contribution in [-0.2, 0) is 6.42 Å². The van der Waals surface area contributed by atoms with Gasteiger partial charge in [0, 0.05) is 10.0 Å². The fraction of sp³-hybridized carbons (Fsp3) is 0.143. The number of nitrogens with two attached hydrogens (primary N) is 1. The first-order valence-corrected chi connectivity index (χ1v) is 6.51. The van der Waals surface area contributed by atoms with Gasteiger partial charge in [-0.3, -0.25) is 11.3 Å². The summed E-state index contributed by atoms with van der Waals surface area (Å²) in [7, 11) is 0. The summed E-state index contributed by atoms with van der Waals surface area (Å²) in [6, 6.07) is 11.4. The molecule has 2 nitrogen and oxygen atoms in total. The molecule has 0 aliphatic heterocycles. The zero-order valence-corrected chi connectivity index (χ0v) is 11.5. The predicted octanol–water partition coefficient (Wildman–Crippen LogP) is 3.88. The Kier molecular flexibility index (Phi) is 4.77. The Morgan fingerprint density at radius 1 is 1.16 bits per heavy atom. The first-order chi connectivity index (χ1) is 9.10. The van der Waals surface area contributed by atoms with Gasteiger partial charge in [-0.1, -0.05) is 35.3 Å². The number of rotatable bonds is 4. The van der Waals surface area contributed by atoms with E-state index in [9.17, 15) is 4.39 Å². The SMILES string of the molecule is NNC(Cc1cccc(Cl)c1)c1cc(F)ccc1Cl. The maximum atomic E-state index is 13.3. The number of hydrazine groups is 1. The fourth-order valence-corrected chi connectivity index (χ4v) is 2.40. The van der Waals surface area contributed by atoms with Crippen molar-refractivity contribution in [3.63, 3.8) is 0 Å². The minimum Gasteiger partial charge on any atom is -0.271 e. The molecular formula is C14H13Cl2FN2. The van der Waals surface area contributed by atoms with Crippen LogP contribution in [0.4, 0.5) is 4.39 Å². The molecule has 0 spiro atoms. The van der Waals surface area contributed by atoms with E-state index in [4.69, 9.17) is 29.0 Å². The quantitative estimate of drug-likeness (QED) is 0.664. The highest BCUT2D eigenvalue weighted by Crippen LogP contribution is 2.26. The second-order valence-electron chi connectivity index (χ2n) is 4.22. The van der Waals surface area contributed by atoms with E-state index < -0.39 is 0 Å². The number of hydrogen-bond donors (Lipinski definition) is 2. The van der Waals surface area contributed by atoms with Crippen LogP contribution in [0.2, 0.25) is 10.0 Å². The Morgan fingerprint density at radius 3 is 2.63 bits per heavy atom. The maximum absolute atomic E-state index is 13.3. The van der Waals surface area contributed by atoms with E-state index in [-0.39, 0.29) is 11.9 Å². The molecule has 2 aromatic carbocycles. The first kappa shape index (κ1) is 14.3. The van der Waals surface area contributed by atoms with Crippen molar-refractivity contribution in [2.24, 2.45) is 5.84 Å². The number of benzene rings is 2. The van der Waals surface area contributed by atoms with Gasteiger partial charge in [0.15, 0.2) is 0 Å². The smallest absolute Gasteiger partial charge is 0.123 e. The molecule has 0 fully saturated rings. The van der Waals surface area contributed by atoms with Crippen LogP contribution in [0.3, 0.4) is 0 Å². The average Bonchev–Trinajstić information content (AvgIpc) is 2.39. The second kappa shape index (κ2) is 6.35. The molecule has 0 aliphatic rings. The van der Waals surface area contributed by atoms with E-state index in [0.717, 1.165) is 5.56 Å². The van der Waals surface area contributed by atoms with Crippen LogP contribution >= 0.6 is 23.2 Å². The van der Waals surface area contributed by atoms with Crippen LogP contribution in [0.25, 0.3) is 0 Å². The molecule has 0 amide bonds. The molecule has 2 rings (SSSR count). The van der Waals surface area contributed by atoms with Crippen molar-refractivity contribution >= 4 is 23.2 Å². The minimum absolute atomic E-state index is 0.276. The van der Waals surface area contributed by atoms with Crippen LogP contribution in [-0.4, -0.2) is 0 Å². The lowest BCUT2D eigenvalue weighted by Gasteiger charge is -2.18. The molecule has 2 aromatic rings. The van der Waals surface area contributed by atoms with Crippen molar-refractivity contribution in [1.82, 2.24) is 5.43 Å². The molecule has 1 atom stereocenters. The third-order valence-corrected chi connectivity index (χ3v) is 3.44. The van der Waals surface area contributed by atoms with Gasteiger partial charge in [0.05, 0.1) is 6.04 Å². The highest BCUT2D eigenvalue weighted by molar-refractivity contribution is 6.31. The molecule has 0 saturated carbocycles. The Labute approximate surface area is 121 Å². The minimum atomic E-state index is -0.342. The van der Waals surface area contributed by atoms with Gasteiger partial charge in [-0.05, 0) is 47.9 Å². The van der Waals surface area contributed by atoms with Gasteiger partial charge in [0.25, 0.3) is 0 Å². The van der Waals surface area contributed by atoms with E-state index in [2.05, 4.69) is 5.43 Å². The molecule has 5 heteroatoms. The summed E-state index contributed by atoms with van der Waals surface area (Å²) >= 11 is 12.0. The number of hydrogen-bond acceptors (Lipinski definition) is 2. The Morgan fingerprint density at radius 2 is 1.95 bits per heavy atom. The van der Waals surface area contributed by atoms with Gasteiger partial charge >= 0.3 is 0 Å². The van der Waals surface area contributed by atoms with Crippen molar-refractivity contribution in [1.29, 1.82) is 0 Å². The molecule has 100 valence electrons. The van der Waals surface area contributed by atoms with Gasteiger partial charge in [0.2, 0.25) is 0 Å². The topological polar surface area (TPSA) is 38.0 Å². The van der Waals surface area contributed by atoms with Crippen molar-refractivity contribution in [3.05, 3.63) is 69.5 Å². The molecule has 1 unspecified atom stereocenters. The molecule has 3 N–H and O–H groups in total. The third-order valence-electron chi connectivity index (χ3n) is 2.86. The molecule has 19 heavy (non-hydrogen) atoms. The Bertz CT molecular complexity index is 575. The fourth-order valence-electron chi connectivity index (χ4n) is 1.94. The lowest BCUT2D eigenvalue weighted by atomic mass is 9.99. The number of nitrogens with one attached hydrogen (secondary N) is 1. The zero-order valence-electron chi connectivity index (χ0n) is 10.0. The highest BCUT2D eigenvalue weighted by atomic mass is 35.5. The van der Waals surface area contributed by atoms with Crippen molar-refractivity contribution in [3.8, 4) is 0 Å². The monoisotopic (exact) mass is 298 g/mol.